The highest BCUT2D eigenvalue weighted by Crippen LogP contribution is 2.18. The van der Waals surface area contributed by atoms with Crippen LogP contribution in [-0.4, -0.2) is 31.4 Å². The lowest BCUT2D eigenvalue weighted by atomic mass is 10.2. The van der Waals surface area contributed by atoms with Crippen LogP contribution in [0.25, 0.3) is 0 Å². The Morgan fingerprint density at radius 3 is 2.22 bits per heavy atom. The number of halogens is 1. The van der Waals surface area contributed by atoms with Crippen molar-refractivity contribution in [3.63, 3.8) is 0 Å². The Balaban J connectivity index is 1.35. The first-order valence-electron chi connectivity index (χ1n) is 9.60. The van der Waals surface area contributed by atoms with Gasteiger partial charge in [0.05, 0.1) is 0 Å². The summed E-state index contributed by atoms with van der Waals surface area (Å²) < 4.78 is 8.66. The molecule has 0 spiro atoms. The zero-order valence-electron chi connectivity index (χ0n) is 17.0. The van der Waals surface area contributed by atoms with Gasteiger partial charge in [0.25, 0.3) is 11.8 Å². The minimum Gasteiger partial charge on any atom is -0.471 e. The number of carbonyl (C=O) groups excluding carboxylic acids is 2. The molecule has 0 atom stereocenters. The number of anilines is 2. The van der Waals surface area contributed by atoms with Gasteiger partial charge in [-0.2, -0.15) is 10.2 Å². The third-order valence-electron chi connectivity index (χ3n) is 4.36. The van der Waals surface area contributed by atoms with Crippen molar-refractivity contribution in [3.8, 4) is 5.75 Å². The molecule has 2 amide bonds. The molecule has 32 heavy (non-hydrogen) atoms. The average molecular weight is 451 g/mol. The second-order valence-electron chi connectivity index (χ2n) is 6.83. The number of amides is 2. The number of benzene rings is 2. The number of hydrogen-bond donors (Lipinski definition) is 2. The van der Waals surface area contributed by atoms with E-state index in [0.717, 1.165) is 0 Å². The summed E-state index contributed by atoms with van der Waals surface area (Å²) in [5, 5.41) is 14.4. The number of nitrogens with one attached hydrogen (secondary N) is 2. The second kappa shape index (κ2) is 9.36. The van der Waals surface area contributed by atoms with E-state index in [9.17, 15) is 9.59 Å². The molecular formula is C22H19ClN6O3. The minimum absolute atomic E-state index is 0.128. The van der Waals surface area contributed by atoms with Gasteiger partial charge in [-0.1, -0.05) is 23.7 Å². The van der Waals surface area contributed by atoms with Gasteiger partial charge < -0.3 is 15.4 Å². The van der Waals surface area contributed by atoms with E-state index < -0.39 is 0 Å². The van der Waals surface area contributed by atoms with Crippen LogP contribution in [-0.2, 0) is 13.8 Å². The van der Waals surface area contributed by atoms with E-state index in [1.807, 2.05) is 0 Å². The first kappa shape index (κ1) is 21.1. The van der Waals surface area contributed by atoms with Crippen molar-refractivity contribution < 1.29 is 14.3 Å². The molecular weight excluding hydrogens is 432 g/mol. The maximum atomic E-state index is 12.6. The SMILES string of the molecule is Cn1ccc(C(=O)Nc2cccc(NC(=O)c3ccn(COc4cccc(Cl)c4)n3)c2)n1. The summed E-state index contributed by atoms with van der Waals surface area (Å²) in [5.41, 5.74) is 1.56. The Bertz CT molecular complexity index is 1270. The molecule has 0 radical (unpaired) electrons. The summed E-state index contributed by atoms with van der Waals surface area (Å²) in [6, 6.07) is 17.0. The summed E-state index contributed by atoms with van der Waals surface area (Å²) in [4.78, 5) is 24.8. The number of nitrogens with zero attached hydrogens (tertiary/aromatic N) is 4. The van der Waals surface area contributed by atoms with Gasteiger partial charge in [-0.25, -0.2) is 4.68 Å². The third-order valence-corrected chi connectivity index (χ3v) is 4.59. The van der Waals surface area contributed by atoms with E-state index in [4.69, 9.17) is 16.3 Å². The van der Waals surface area contributed by atoms with Gasteiger partial charge >= 0.3 is 0 Å². The van der Waals surface area contributed by atoms with Gasteiger partial charge in [0.15, 0.2) is 18.1 Å². The molecule has 0 bridgehead atoms. The van der Waals surface area contributed by atoms with Crippen LogP contribution >= 0.6 is 11.6 Å². The van der Waals surface area contributed by atoms with Crippen molar-refractivity contribution in [1.29, 1.82) is 0 Å². The molecule has 4 rings (SSSR count). The molecule has 162 valence electrons. The summed E-state index contributed by atoms with van der Waals surface area (Å²) >= 11 is 5.94. The Kier molecular flexibility index (Phi) is 6.18. The predicted octanol–water partition coefficient (Wildman–Crippen LogP) is 3.81. The molecule has 0 saturated carbocycles. The molecule has 2 N–H and O–H groups in total. The van der Waals surface area contributed by atoms with E-state index in [-0.39, 0.29) is 24.2 Å². The van der Waals surface area contributed by atoms with Crippen LogP contribution < -0.4 is 15.4 Å². The molecule has 2 heterocycles. The molecule has 9 nitrogen and oxygen atoms in total. The van der Waals surface area contributed by atoms with Crippen LogP contribution in [0.15, 0.2) is 73.1 Å². The second-order valence-corrected chi connectivity index (χ2v) is 7.27. The van der Waals surface area contributed by atoms with Crippen molar-refractivity contribution in [2.24, 2.45) is 7.05 Å². The molecule has 4 aromatic rings. The molecule has 2 aromatic heterocycles. The van der Waals surface area contributed by atoms with E-state index in [1.165, 1.54) is 4.68 Å². The Labute approximate surface area is 188 Å². The molecule has 0 fully saturated rings. The van der Waals surface area contributed by atoms with E-state index in [0.29, 0.717) is 27.8 Å². The zero-order valence-corrected chi connectivity index (χ0v) is 17.8. The van der Waals surface area contributed by atoms with Crippen molar-refractivity contribution in [2.45, 2.75) is 6.73 Å². The maximum Gasteiger partial charge on any atom is 0.276 e. The fraction of sp³-hybridized carbons (Fsp3) is 0.0909. The highest BCUT2D eigenvalue weighted by atomic mass is 35.5. The van der Waals surface area contributed by atoms with Crippen LogP contribution in [0, 0.1) is 0 Å². The van der Waals surface area contributed by atoms with Crippen LogP contribution in [0.1, 0.15) is 21.0 Å². The lowest BCUT2D eigenvalue weighted by Gasteiger charge is -2.08. The number of hydrogen-bond acceptors (Lipinski definition) is 5. The monoisotopic (exact) mass is 450 g/mol. The van der Waals surface area contributed by atoms with Crippen molar-refractivity contribution >= 4 is 34.8 Å². The number of aryl methyl sites for hydroxylation is 1. The summed E-state index contributed by atoms with van der Waals surface area (Å²) in [6.45, 7) is 0.128. The van der Waals surface area contributed by atoms with Crippen molar-refractivity contribution in [3.05, 3.63) is 89.5 Å². The fourth-order valence-electron chi connectivity index (χ4n) is 2.85. The van der Waals surface area contributed by atoms with Gasteiger partial charge in [0, 0.05) is 35.8 Å². The van der Waals surface area contributed by atoms with Crippen LogP contribution in [0.5, 0.6) is 5.75 Å². The molecule has 0 aliphatic heterocycles. The Morgan fingerprint density at radius 1 is 0.906 bits per heavy atom. The number of carbonyl (C=O) groups is 2. The largest absolute Gasteiger partial charge is 0.471 e. The molecule has 2 aromatic carbocycles. The number of aromatic nitrogens is 4. The molecule has 0 saturated heterocycles. The highest BCUT2D eigenvalue weighted by molar-refractivity contribution is 6.30. The van der Waals surface area contributed by atoms with E-state index in [2.05, 4.69) is 20.8 Å². The Morgan fingerprint density at radius 2 is 1.56 bits per heavy atom. The summed E-state index contributed by atoms with van der Waals surface area (Å²) in [6.07, 6.45) is 3.33. The average Bonchev–Trinajstić information content (AvgIpc) is 3.42. The van der Waals surface area contributed by atoms with Crippen LogP contribution in [0.2, 0.25) is 5.02 Å². The first-order valence-corrected chi connectivity index (χ1v) is 9.98. The van der Waals surface area contributed by atoms with Crippen LogP contribution in [0.3, 0.4) is 0 Å². The topological polar surface area (TPSA) is 103 Å². The summed E-state index contributed by atoms with van der Waals surface area (Å²) in [5.74, 6) is -0.129. The van der Waals surface area contributed by atoms with E-state index >= 15 is 0 Å². The first-order chi connectivity index (χ1) is 15.5. The van der Waals surface area contributed by atoms with Crippen molar-refractivity contribution in [2.75, 3.05) is 10.6 Å². The molecule has 10 heteroatoms. The molecule has 0 aliphatic rings. The normalized spacial score (nSPS) is 10.6. The Hall–Kier alpha value is -4.11. The fourth-order valence-corrected chi connectivity index (χ4v) is 3.03. The van der Waals surface area contributed by atoms with Gasteiger partial charge in [0.1, 0.15) is 5.75 Å². The van der Waals surface area contributed by atoms with Gasteiger partial charge in [0.2, 0.25) is 0 Å². The lowest BCUT2D eigenvalue weighted by Crippen LogP contribution is -2.15. The smallest absolute Gasteiger partial charge is 0.276 e. The third kappa shape index (κ3) is 5.32. The lowest BCUT2D eigenvalue weighted by molar-refractivity contribution is 0.101. The number of rotatable bonds is 7. The maximum absolute atomic E-state index is 12.6. The zero-order chi connectivity index (χ0) is 22.5. The van der Waals surface area contributed by atoms with E-state index in [1.54, 1.807) is 84.8 Å². The predicted molar refractivity (Wildman–Crippen MR) is 120 cm³/mol. The van der Waals surface area contributed by atoms with Gasteiger partial charge in [-0.15, -0.1) is 0 Å². The van der Waals surface area contributed by atoms with Gasteiger partial charge in [-0.3, -0.25) is 14.3 Å². The van der Waals surface area contributed by atoms with Gasteiger partial charge in [-0.05, 0) is 48.5 Å². The van der Waals surface area contributed by atoms with Crippen LogP contribution in [0.4, 0.5) is 11.4 Å². The number of ether oxygens (including phenoxy) is 1. The minimum atomic E-state index is -0.389. The summed E-state index contributed by atoms with van der Waals surface area (Å²) in [7, 11) is 1.73. The quantitative estimate of drug-likeness (QED) is 0.445. The van der Waals surface area contributed by atoms with Crippen molar-refractivity contribution in [1.82, 2.24) is 19.6 Å². The highest BCUT2D eigenvalue weighted by Gasteiger charge is 2.12. The standard InChI is InChI=1S/C22H19ClN6O3/c1-28-10-8-19(26-28)21(30)24-16-5-3-6-17(13-16)25-22(31)20-9-11-29(27-20)14-32-18-7-2-4-15(23)12-18/h2-13H,14H2,1H3,(H,24,30)(H,25,31). The molecule has 0 unspecified atom stereocenters. The molecule has 0 aliphatic carbocycles.